The van der Waals surface area contributed by atoms with Crippen LogP contribution >= 0.6 is 11.8 Å². The molecular formula is C64H109N3O4SSi2. The quantitative estimate of drug-likeness (QED) is 0.0245. The molecule has 1 fully saturated rings. The third-order valence-corrected chi connectivity index (χ3v) is 27.4. The summed E-state index contributed by atoms with van der Waals surface area (Å²) in [4.78, 5) is 21.2. The summed E-state index contributed by atoms with van der Waals surface area (Å²) in [6, 6.07) is 33.1. The molecule has 1 aliphatic heterocycles. The number of carbonyl (C=O) groups is 1. The Bertz CT molecular complexity index is 1770. The number of piperazine rings is 1. The summed E-state index contributed by atoms with van der Waals surface area (Å²) in [5.41, 5.74) is 3.97. The Labute approximate surface area is 461 Å². The van der Waals surface area contributed by atoms with Crippen LogP contribution in [0.1, 0.15) is 181 Å². The number of hydrogen-bond acceptors (Lipinski definition) is 8. The number of unbranched alkanes of at least 4 members (excludes halogenated alkanes) is 10. The molecule has 2 unspecified atom stereocenters. The van der Waals surface area contributed by atoms with Crippen LogP contribution in [0.4, 0.5) is 0 Å². The maximum absolute atomic E-state index is 13.4. The molecule has 1 heterocycles. The lowest BCUT2D eigenvalue weighted by atomic mass is 9.84. The number of hydrogen-bond donors (Lipinski definition) is 0. The molecule has 0 bridgehead atoms. The van der Waals surface area contributed by atoms with E-state index in [-0.39, 0.29) is 33.0 Å². The molecule has 2 atom stereocenters. The minimum absolute atomic E-state index is 0.0685. The molecule has 74 heavy (non-hydrogen) atoms. The smallest absolute Gasteiger partial charge is 0.305 e. The molecule has 418 valence electrons. The van der Waals surface area contributed by atoms with E-state index in [4.69, 9.17) is 13.6 Å². The van der Waals surface area contributed by atoms with Gasteiger partial charge in [-0.2, -0.15) is 0 Å². The van der Waals surface area contributed by atoms with Gasteiger partial charge < -0.3 is 18.5 Å². The van der Waals surface area contributed by atoms with Crippen molar-refractivity contribution in [1.29, 1.82) is 0 Å². The van der Waals surface area contributed by atoms with Gasteiger partial charge in [0.15, 0.2) is 16.6 Å². The monoisotopic (exact) mass is 1070 g/mol. The van der Waals surface area contributed by atoms with Gasteiger partial charge in [-0.25, -0.2) is 0 Å². The van der Waals surface area contributed by atoms with Crippen LogP contribution in [0.5, 0.6) is 0 Å². The van der Waals surface area contributed by atoms with Gasteiger partial charge in [0.2, 0.25) is 0 Å². The number of nitrogens with zero attached hydrogens (tertiary/aromatic N) is 3. The summed E-state index contributed by atoms with van der Waals surface area (Å²) in [7, 11) is -4.04. The Morgan fingerprint density at radius 3 is 1.35 bits per heavy atom. The van der Waals surface area contributed by atoms with E-state index in [0.29, 0.717) is 13.0 Å². The van der Waals surface area contributed by atoms with Crippen LogP contribution in [0.3, 0.4) is 0 Å². The first-order chi connectivity index (χ1) is 35.3. The van der Waals surface area contributed by atoms with Gasteiger partial charge in [-0.15, -0.1) is 11.8 Å². The van der Waals surface area contributed by atoms with Crippen molar-refractivity contribution in [2.45, 2.75) is 218 Å². The van der Waals surface area contributed by atoms with Crippen LogP contribution in [0.25, 0.3) is 0 Å². The number of ether oxygens (including phenoxy) is 1. The van der Waals surface area contributed by atoms with Crippen molar-refractivity contribution in [2.24, 2.45) is 0 Å². The molecule has 0 aliphatic carbocycles. The molecule has 3 aromatic rings. The first-order valence-corrected chi connectivity index (χ1v) is 36.6. The average Bonchev–Trinajstić information content (AvgIpc) is 3.36. The second kappa shape index (κ2) is 33.2. The molecule has 0 amide bonds. The van der Waals surface area contributed by atoms with Crippen molar-refractivity contribution in [3.05, 3.63) is 108 Å². The molecule has 0 spiro atoms. The maximum atomic E-state index is 13.4. The fourth-order valence-electron chi connectivity index (χ4n) is 10.0. The van der Waals surface area contributed by atoms with E-state index >= 15 is 0 Å². The van der Waals surface area contributed by atoms with E-state index in [1.165, 1.54) is 93.7 Å². The summed E-state index contributed by atoms with van der Waals surface area (Å²) < 4.78 is 20.4. The van der Waals surface area contributed by atoms with Crippen LogP contribution in [0.2, 0.25) is 36.3 Å². The molecule has 0 N–H and O–H groups in total. The Morgan fingerprint density at radius 1 is 0.554 bits per heavy atom. The molecule has 7 nitrogen and oxygen atoms in total. The molecule has 1 aliphatic rings. The lowest BCUT2D eigenvalue weighted by Crippen LogP contribution is -2.50. The number of esters is 1. The van der Waals surface area contributed by atoms with E-state index in [1.807, 2.05) is 0 Å². The van der Waals surface area contributed by atoms with Gasteiger partial charge in [0.1, 0.15) is 6.61 Å². The van der Waals surface area contributed by atoms with Crippen LogP contribution < -0.4 is 0 Å². The lowest BCUT2D eigenvalue weighted by molar-refractivity contribution is -0.144. The van der Waals surface area contributed by atoms with Gasteiger partial charge in [-0.05, 0) is 97.5 Å². The second-order valence-corrected chi connectivity index (χ2v) is 35.7. The Hall–Kier alpha value is -2.29. The second-order valence-electron chi connectivity index (χ2n) is 24.9. The predicted octanol–water partition coefficient (Wildman–Crippen LogP) is 16.6. The summed E-state index contributed by atoms with van der Waals surface area (Å²) in [5, 5.41) is 0.283. The molecule has 0 radical (unpaired) electrons. The fraction of sp³-hybridized carbons (Fsp3) is 0.703. The molecule has 4 rings (SSSR count). The molecule has 0 saturated carbocycles. The van der Waals surface area contributed by atoms with E-state index in [0.717, 1.165) is 90.3 Å². The topological polar surface area (TPSA) is 54.5 Å². The lowest BCUT2D eigenvalue weighted by Gasteiger charge is -2.42. The van der Waals surface area contributed by atoms with E-state index in [9.17, 15) is 4.79 Å². The first kappa shape index (κ1) is 64.2. The van der Waals surface area contributed by atoms with E-state index in [1.54, 1.807) is 0 Å². The minimum atomic E-state index is -2.02. The highest BCUT2D eigenvalue weighted by atomic mass is 32.2. The number of carbonyl (C=O) groups excluding carboxylic acids is 1. The van der Waals surface area contributed by atoms with Gasteiger partial charge >= 0.3 is 5.97 Å². The van der Waals surface area contributed by atoms with Gasteiger partial charge in [-0.3, -0.25) is 14.6 Å². The minimum Gasteiger partial charge on any atom is -0.464 e. The number of thioether (sulfide) groups is 1. The SMILES string of the molecule is CCCCCCCCC(CN(CCCC(=O)OCCN1CCN(CCCSC(c2ccccc2)(c2ccccc2)c2ccccc2)CC1)CC(CCCCCCCC)O[Si](C)(C)C(C)(C)C)O[Si](C)(C)C(C)(C)C. The van der Waals surface area contributed by atoms with E-state index < -0.39 is 16.6 Å². The third kappa shape index (κ3) is 22.2. The maximum Gasteiger partial charge on any atom is 0.305 e. The van der Waals surface area contributed by atoms with Crippen molar-refractivity contribution in [2.75, 3.05) is 71.3 Å². The average molecular weight is 1070 g/mol. The highest BCUT2D eigenvalue weighted by molar-refractivity contribution is 8.00. The van der Waals surface area contributed by atoms with Gasteiger partial charge in [-0.1, -0.05) is 223 Å². The standard InChI is InChI=1S/C64H109N3O4SSi2/c1-13-15-17-19-21-32-42-59(70-73(9,10)62(3,4)5)54-67(55-60(43-33-22-20-18-16-14-2)71-74(11,12)63(6,7)8)45-34-44-61(68)69-52-51-66-49-47-65(48-50-66)46-35-53-72-64(56-36-26-23-27-37-56,57-38-28-24-29-39-57)58-40-30-25-31-41-58/h23-31,36-41,59-60H,13-22,32-35,42-55H2,1-12H3. The first-order valence-electron chi connectivity index (χ1n) is 29.8. The number of rotatable bonds is 37. The van der Waals surface area contributed by atoms with Crippen molar-refractivity contribution in [1.82, 2.24) is 14.7 Å². The van der Waals surface area contributed by atoms with Crippen molar-refractivity contribution >= 4 is 34.4 Å². The predicted molar refractivity (Wildman–Crippen MR) is 326 cm³/mol. The highest BCUT2D eigenvalue weighted by Gasteiger charge is 2.42. The fourth-order valence-corrected chi connectivity index (χ4v) is 14.3. The zero-order valence-electron chi connectivity index (χ0n) is 49.5. The van der Waals surface area contributed by atoms with Crippen LogP contribution in [-0.4, -0.2) is 121 Å². The summed E-state index contributed by atoms with van der Waals surface area (Å²) in [6.07, 6.45) is 20.3. The Balaban J connectivity index is 1.32. The molecule has 3 aromatic carbocycles. The zero-order valence-corrected chi connectivity index (χ0v) is 52.3. The molecule has 10 heteroatoms. The van der Waals surface area contributed by atoms with Crippen molar-refractivity contribution < 1.29 is 18.4 Å². The normalized spacial score (nSPS) is 15.4. The van der Waals surface area contributed by atoms with Crippen LogP contribution in [0, 0.1) is 0 Å². The Morgan fingerprint density at radius 2 is 0.946 bits per heavy atom. The number of benzene rings is 3. The summed E-state index contributed by atoms with van der Waals surface area (Å²) in [6.45, 7) is 37.6. The van der Waals surface area contributed by atoms with Crippen molar-refractivity contribution in [3.63, 3.8) is 0 Å². The zero-order chi connectivity index (χ0) is 53.9. The molecule has 1 saturated heterocycles. The summed E-state index contributed by atoms with van der Waals surface area (Å²) >= 11 is 2.06. The van der Waals surface area contributed by atoms with Crippen LogP contribution in [0.15, 0.2) is 91.0 Å². The largest absolute Gasteiger partial charge is 0.464 e. The highest BCUT2D eigenvalue weighted by Crippen LogP contribution is 2.49. The van der Waals surface area contributed by atoms with Gasteiger partial charge in [0.25, 0.3) is 0 Å². The van der Waals surface area contributed by atoms with Crippen LogP contribution in [-0.2, 0) is 23.1 Å². The van der Waals surface area contributed by atoms with Gasteiger partial charge in [0.05, 0.1) is 17.0 Å². The third-order valence-electron chi connectivity index (χ3n) is 16.7. The summed E-state index contributed by atoms with van der Waals surface area (Å²) in [5.74, 6) is 0.989. The Kier molecular flexibility index (Phi) is 28.8. The van der Waals surface area contributed by atoms with Gasteiger partial charge in [0, 0.05) is 52.2 Å². The molecular weight excluding hydrogens is 963 g/mol. The van der Waals surface area contributed by atoms with Crippen molar-refractivity contribution in [3.8, 4) is 0 Å². The van der Waals surface area contributed by atoms with E-state index in [2.05, 4.69) is 199 Å². The molecule has 0 aromatic heterocycles.